The number of nitrogens with one attached hydrogen (secondary N) is 1. The molecule has 2 amide bonds. The first-order valence-corrected chi connectivity index (χ1v) is 13.2. The van der Waals surface area contributed by atoms with Crippen LogP contribution in [0.4, 0.5) is 14.5 Å². The number of anilines is 1. The zero-order valence-electron chi connectivity index (χ0n) is 21.3. The summed E-state index contributed by atoms with van der Waals surface area (Å²) in [6.45, 7) is 6.46. The molecule has 11 heteroatoms. The summed E-state index contributed by atoms with van der Waals surface area (Å²) in [5.41, 5.74) is -0.0877. The minimum absolute atomic E-state index is 0.00821. The SMILES string of the molecule is CC[C@@H](C(=O)NC(C)(C)C)N(Cc1ccc(OC)cc1)C(=O)CN(c1ccc(F)c(F)c1)S(C)(=O)=O. The van der Waals surface area contributed by atoms with E-state index in [-0.39, 0.29) is 18.7 Å². The summed E-state index contributed by atoms with van der Waals surface area (Å²) in [4.78, 5) is 28.0. The monoisotopic (exact) mass is 525 g/mol. The van der Waals surface area contributed by atoms with E-state index in [0.29, 0.717) is 21.7 Å². The lowest BCUT2D eigenvalue weighted by Gasteiger charge is -2.34. The first kappa shape index (κ1) is 29.0. The first-order valence-electron chi connectivity index (χ1n) is 11.3. The number of nitrogens with zero attached hydrogens (tertiary/aromatic N) is 2. The van der Waals surface area contributed by atoms with Crippen LogP contribution in [0.25, 0.3) is 0 Å². The van der Waals surface area contributed by atoms with E-state index in [0.717, 1.165) is 18.4 Å². The Morgan fingerprint density at radius 3 is 2.14 bits per heavy atom. The minimum atomic E-state index is -4.06. The number of carbonyl (C=O) groups is 2. The molecule has 1 atom stereocenters. The van der Waals surface area contributed by atoms with Gasteiger partial charge in [-0.2, -0.15) is 0 Å². The van der Waals surface area contributed by atoms with Gasteiger partial charge < -0.3 is 15.0 Å². The Labute approximate surface area is 211 Å². The molecule has 36 heavy (non-hydrogen) atoms. The summed E-state index contributed by atoms with van der Waals surface area (Å²) >= 11 is 0. The summed E-state index contributed by atoms with van der Waals surface area (Å²) in [6.07, 6.45) is 1.12. The predicted octanol–water partition coefficient (Wildman–Crippen LogP) is 3.46. The highest BCUT2D eigenvalue weighted by Gasteiger charge is 2.33. The van der Waals surface area contributed by atoms with Gasteiger partial charge in [-0.15, -0.1) is 0 Å². The molecule has 2 aromatic rings. The molecule has 1 N–H and O–H groups in total. The van der Waals surface area contributed by atoms with Crippen molar-refractivity contribution in [3.63, 3.8) is 0 Å². The van der Waals surface area contributed by atoms with Crippen molar-refractivity contribution in [1.82, 2.24) is 10.2 Å². The van der Waals surface area contributed by atoms with Gasteiger partial charge in [-0.25, -0.2) is 17.2 Å². The highest BCUT2D eigenvalue weighted by atomic mass is 32.2. The van der Waals surface area contributed by atoms with E-state index in [9.17, 15) is 26.8 Å². The normalized spacial score (nSPS) is 12.6. The molecule has 0 heterocycles. The second kappa shape index (κ2) is 11.7. The summed E-state index contributed by atoms with van der Waals surface area (Å²) in [6, 6.07) is 8.54. The molecule has 0 bridgehead atoms. The number of carbonyl (C=O) groups excluding carboxylic acids is 2. The van der Waals surface area contributed by atoms with E-state index in [1.807, 2.05) is 20.8 Å². The summed E-state index contributed by atoms with van der Waals surface area (Å²) in [7, 11) is -2.54. The minimum Gasteiger partial charge on any atom is -0.497 e. The van der Waals surface area contributed by atoms with Gasteiger partial charge in [0, 0.05) is 18.2 Å². The van der Waals surface area contributed by atoms with E-state index in [1.165, 1.54) is 12.0 Å². The van der Waals surface area contributed by atoms with Gasteiger partial charge in [-0.3, -0.25) is 13.9 Å². The van der Waals surface area contributed by atoms with E-state index >= 15 is 0 Å². The van der Waals surface area contributed by atoms with Crippen molar-refractivity contribution in [3.05, 3.63) is 59.7 Å². The standard InChI is InChI=1S/C25H33F2N3O5S/c1-7-22(24(32)28-25(2,3)4)29(15-17-8-11-19(35-5)12-9-17)23(31)16-30(36(6,33)34)18-10-13-20(26)21(27)14-18/h8-14,22H,7,15-16H2,1-6H3,(H,28,32)/t22-/m0/s1. The Bertz CT molecular complexity index is 1180. The molecule has 0 saturated carbocycles. The lowest BCUT2D eigenvalue weighted by molar-refractivity contribution is -0.141. The van der Waals surface area contributed by atoms with Gasteiger partial charge in [0.15, 0.2) is 11.6 Å². The van der Waals surface area contributed by atoms with Gasteiger partial charge in [0.1, 0.15) is 18.3 Å². The Morgan fingerprint density at radius 2 is 1.67 bits per heavy atom. The van der Waals surface area contributed by atoms with Crippen molar-refractivity contribution in [2.75, 3.05) is 24.2 Å². The third kappa shape index (κ3) is 7.91. The highest BCUT2D eigenvalue weighted by molar-refractivity contribution is 7.92. The van der Waals surface area contributed by atoms with Gasteiger partial charge in [-0.1, -0.05) is 19.1 Å². The topological polar surface area (TPSA) is 96.0 Å². The molecule has 0 unspecified atom stereocenters. The van der Waals surface area contributed by atoms with Crippen LogP contribution in [-0.2, 0) is 26.2 Å². The third-order valence-electron chi connectivity index (χ3n) is 5.27. The molecule has 0 fully saturated rings. The van der Waals surface area contributed by atoms with Crippen LogP contribution < -0.4 is 14.4 Å². The molecule has 0 radical (unpaired) electrons. The summed E-state index contributed by atoms with van der Waals surface area (Å²) in [5.74, 6) is -2.87. The second-order valence-corrected chi connectivity index (χ2v) is 11.3. The number of ether oxygens (including phenoxy) is 1. The average Bonchev–Trinajstić information content (AvgIpc) is 2.77. The lowest BCUT2D eigenvalue weighted by atomic mass is 10.1. The maximum absolute atomic E-state index is 13.9. The molecule has 2 aromatic carbocycles. The Balaban J connectivity index is 2.47. The van der Waals surface area contributed by atoms with Crippen molar-refractivity contribution in [2.24, 2.45) is 0 Å². The van der Waals surface area contributed by atoms with Crippen LogP contribution in [0.1, 0.15) is 39.7 Å². The average molecular weight is 526 g/mol. The van der Waals surface area contributed by atoms with Gasteiger partial charge in [0.25, 0.3) is 0 Å². The molecular formula is C25H33F2N3O5S. The summed E-state index contributed by atoms with van der Waals surface area (Å²) in [5, 5.41) is 2.86. The van der Waals surface area contributed by atoms with Gasteiger partial charge in [0.2, 0.25) is 21.8 Å². The fraction of sp³-hybridized carbons (Fsp3) is 0.440. The molecule has 0 aliphatic rings. The molecule has 0 saturated heterocycles. The number of amides is 2. The van der Waals surface area contributed by atoms with Gasteiger partial charge >= 0.3 is 0 Å². The molecular weight excluding hydrogens is 492 g/mol. The maximum atomic E-state index is 13.9. The molecule has 2 rings (SSSR count). The van der Waals surface area contributed by atoms with E-state index in [4.69, 9.17) is 4.74 Å². The van der Waals surface area contributed by atoms with Crippen LogP contribution in [0.2, 0.25) is 0 Å². The Hall–Kier alpha value is -3.21. The number of halogens is 2. The van der Waals surface area contributed by atoms with E-state index in [2.05, 4.69) is 5.32 Å². The van der Waals surface area contributed by atoms with Gasteiger partial charge in [0.05, 0.1) is 19.1 Å². The Kier molecular flexibility index (Phi) is 9.42. The molecule has 198 valence electrons. The van der Waals surface area contributed by atoms with Crippen molar-refractivity contribution in [3.8, 4) is 5.75 Å². The fourth-order valence-corrected chi connectivity index (χ4v) is 4.40. The maximum Gasteiger partial charge on any atom is 0.244 e. The molecule has 0 aliphatic carbocycles. The molecule has 0 aliphatic heterocycles. The lowest BCUT2D eigenvalue weighted by Crippen LogP contribution is -2.55. The first-order chi connectivity index (χ1) is 16.7. The van der Waals surface area contributed by atoms with Crippen LogP contribution in [-0.4, -0.2) is 56.6 Å². The molecule has 0 spiro atoms. The number of rotatable bonds is 10. The number of methoxy groups -OCH3 is 1. The number of benzene rings is 2. The number of hydrogen-bond donors (Lipinski definition) is 1. The molecule has 8 nitrogen and oxygen atoms in total. The zero-order valence-corrected chi connectivity index (χ0v) is 22.2. The largest absolute Gasteiger partial charge is 0.497 e. The van der Waals surface area contributed by atoms with Gasteiger partial charge in [-0.05, 0) is 57.0 Å². The van der Waals surface area contributed by atoms with Crippen LogP contribution in [0, 0.1) is 11.6 Å². The third-order valence-corrected chi connectivity index (χ3v) is 6.41. The van der Waals surface area contributed by atoms with Crippen LogP contribution in [0.5, 0.6) is 5.75 Å². The van der Waals surface area contributed by atoms with Crippen molar-refractivity contribution in [1.29, 1.82) is 0 Å². The number of hydrogen-bond acceptors (Lipinski definition) is 5. The second-order valence-electron chi connectivity index (χ2n) is 9.40. The van der Waals surface area contributed by atoms with Crippen LogP contribution >= 0.6 is 0 Å². The highest BCUT2D eigenvalue weighted by Crippen LogP contribution is 2.22. The van der Waals surface area contributed by atoms with E-state index in [1.54, 1.807) is 31.2 Å². The van der Waals surface area contributed by atoms with Crippen LogP contribution in [0.15, 0.2) is 42.5 Å². The number of sulfonamides is 1. The quantitative estimate of drug-likeness (QED) is 0.513. The van der Waals surface area contributed by atoms with Crippen molar-refractivity contribution >= 4 is 27.5 Å². The predicted molar refractivity (Wildman–Crippen MR) is 134 cm³/mol. The smallest absolute Gasteiger partial charge is 0.244 e. The molecule has 0 aromatic heterocycles. The van der Waals surface area contributed by atoms with Crippen molar-refractivity contribution in [2.45, 2.75) is 52.2 Å². The zero-order chi connectivity index (χ0) is 27.3. The Morgan fingerprint density at radius 1 is 1.06 bits per heavy atom. The van der Waals surface area contributed by atoms with Crippen LogP contribution in [0.3, 0.4) is 0 Å². The summed E-state index contributed by atoms with van der Waals surface area (Å²) < 4.78 is 58.2. The fourth-order valence-electron chi connectivity index (χ4n) is 3.55. The van der Waals surface area contributed by atoms with E-state index < -0.39 is 51.6 Å². The van der Waals surface area contributed by atoms with Crippen molar-refractivity contribution < 1.29 is 31.5 Å².